The van der Waals surface area contributed by atoms with Crippen LogP contribution in [0.4, 0.5) is 11.4 Å². The van der Waals surface area contributed by atoms with Gasteiger partial charge in [-0.05, 0) is 67.3 Å². The van der Waals surface area contributed by atoms with Gasteiger partial charge in [0, 0.05) is 34.9 Å². The van der Waals surface area contributed by atoms with Gasteiger partial charge in [0.15, 0.2) is 0 Å². The predicted octanol–water partition coefficient (Wildman–Crippen LogP) is 4.87. The number of likely N-dealkylation sites (tertiary alicyclic amines) is 1. The second-order valence-electron chi connectivity index (χ2n) is 7.77. The summed E-state index contributed by atoms with van der Waals surface area (Å²) in [6.45, 7) is 0.903. The number of nitrogen functional groups attached to an aromatic ring is 1. The minimum atomic E-state index is -1.02. The summed E-state index contributed by atoms with van der Waals surface area (Å²) in [4.78, 5) is 15.4. The Kier molecular flexibility index (Phi) is 6.50. The fourth-order valence-electron chi connectivity index (χ4n) is 3.79. The number of piperidine rings is 1. The average Bonchev–Trinajstić information content (AvgIpc) is 2.81. The molecule has 1 aliphatic rings. The minimum absolute atomic E-state index is 0.0423. The number of benzene rings is 3. The zero-order chi connectivity index (χ0) is 22.7. The molecule has 3 aromatic carbocycles. The third kappa shape index (κ3) is 4.65. The van der Waals surface area contributed by atoms with Crippen molar-refractivity contribution < 1.29 is 15.0 Å². The molecule has 6 nitrogen and oxygen atoms in total. The lowest BCUT2D eigenvalue weighted by Gasteiger charge is -2.39. The van der Waals surface area contributed by atoms with E-state index < -0.39 is 5.60 Å². The third-order valence-corrected chi connectivity index (χ3v) is 6.95. The van der Waals surface area contributed by atoms with Crippen LogP contribution in [0.3, 0.4) is 0 Å². The van der Waals surface area contributed by atoms with Crippen LogP contribution < -0.4 is 10.5 Å². The van der Waals surface area contributed by atoms with Crippen molar-refractivity contribution in [3.05, 3.63) is 82.9 Å². The largest absolute Gasteiger partial charge is 0.506 e. The number of halogens is 1. The van der Waals surface area contributed by atoms with Gasteiger partial charge in [0.1, 0.15) is 5.75 Å². The van der Waals surface area contributed by atoms with E-state index in [-0.39, 0.29) is 11.7 Å². The van der Waals surface area contributed by atoms with Crippen molar-refractivity contribution in [2.45, 2.75) is 23.3 Å². The summed E-state index contributed by atoms with van der Waals surface area (Å²) in [7, 11) is 0. The number of phenolic OH excluding ortho intramolecular Hbond substituents is 1. The number of nitrogens with two attached hydrogens (primary N) is 1. The van der Waals surface area contributed by atoms with Gasteiger partial charge in [-0.25, -0.2) is 0 Å². The molecule has 32 heavy (non-hydrogen) atoms. The molecule has 166 valence electrons. The number of aliphatic hydroxyl groups is 1. The molecular weight excluding hydrogens is 446 g/mol. The van der Waals surface area contributed by atoms with Gasteiger partial charge >= 0.3 is 0 Å². The maximum atomic E-state index is 12.9. The molecular formula is C24H24ClN3O3S. The number of nitrogens with zero attached hydrogens (tertiary/aromatic N) is 1. The van der Waals surface area contributed by atoms with Gasteiger partial charge in [-0.15, -0.1) is 0 Å². The number of phenols is 1. The molecule has 1 amide bonds. The molecule has 0 radical (unpaired) electrons. The van der Waals surface area contributed by atoms with E-state index in [2.05, 4.69) is 4.72 Å². The topological polar surface area (TPSA) is 98.8 Å². The number of rotatable bonds is 5. The molecule has 0 aliphatic carbocycles. The van der Waals surface area contributed by atoms with Gasteiger partial charge < -0.3 is 25.6 Å². The van der Waals surface area contributed by atoms with Crippen LogP contribution in [0.2, 0.25) is 5.02 Å². The van der Waals surface area contributed by atoms with Gasteiger partial charge in [-0.1, -0.05) is 35.9 Å². The van der Waals surface area contributed by atoms with E-state index in [0.29, 0.717) is 52.7 Å². The standard InChI is InChI=1S/C24H24ClN3O3S/c25-19-5-2-1-4-18(19)24(31)12-14-28(15-13-24)23(30)16-8-10-17(11-9-16)27-32-21-7-3-6-20(29)22(21)26/h1-11,27,29,31H,12-15,26H2. The van der Waals surface area contributed by atoms with E-state index in [1.165, 1.54) is 18.0 Å². The Labute approximate surface area is 196 Å². The van der Waals surface area contributed by atoms with E-state index in [9.17, 15) is 15.0 Å². The highest BCUT2D eigenvalue weighted by molar-refractivity contribution is 8.00. The highest BCUT2D eigenvalue weighted by Gasteiger charge is 2.36. The monoisotopic (exact) mass is 469 g/mol. The van der Waals surface area contributed by atoms with Crippen molar-refractivity contribution in [3.63, 3.8) is 0 Å². The molecule has 0 unspecified atom stereocenters. The van der Waals surface area contributed by atoms with Crippen molar-refractivity contribution in [1.82, 2.24) is 4.90 Å². The average molecular weight is 470 g/mol. The quantitative estimate of drug-likeness (QED) is 0.242. The number of anilines is 2. The van der Waals surface area contributed by atoms with Crippen LogP contribution in [0.1, 0.15) is 28.8 Å². The number of hydrogen-bond acceptors (Lipinski definition) is 6. The highest BCUT2D eigenvalue weighted by Crippen LogP contribution is 2.37. The van der Waals surface area contributed by atoms with Crippen LogP contribution in [-0.2, 0) is 5.60 Å². The molecule has 1 heterocycles. The lowest BCUT2D eigenvalue weighted by atomic mass is 9.84. The molecule has 0 saturated carbocycles. The molecule has 1 saturated heterocycles. The zero-order valence-electron chi connectivity index (χ0n) is 17.3. The molecule has 4 rings (SSSR count). The van der Waals surface area contributed by atoms with Crippen molar-refractivity contribution in [3.8, 4) is 5.75 Å². The Bertz CT molecular complexity index is 1120. The molecule has 0 spiro atoms. The fraction of sp³-hybridized carbons (Fsp3) is 0.208. The first kappa shape index (κ1) is 22.3. The first-order valence-corrected chi connectivity index (χ1v) is 11.4. The molecule has 1 aliphatic heterocycles. The number of aromatic hydroxyl groups is 1. The van der Waals surface area contributed by atoms with Gasteiger partial charge in [0.2, 0.25) is 0 Å². The van der Waals surface area contributed by atoms with E-state index >= 15 is 0 Å². The number of para-hydroxylation sites is 1. The van der Waals surface area contributed by atoms with E-state index in [4.69, 9.17) is 17.3 Å². The summed E-state index contributed by atoms with van der Waals surface area (Å²) in [5.41, 5.74) is 7.28. The van der Waals surface area contributed by atoms with Gasteiger partial charge in [-0.3, -0.25) is 4.79 Å². The SMILES string of the molecule is Nc1c(O)cccc1SNc1ccc(C(=O)N2CCC(O)(c3ccccc3Cl)CC2)cc1. The second kappa shape index (κ2) is 9.32. The highest BCUT2D eigenvalue weighted by atomic mass is 35.5. The Hall–Kier alpha value is -2.87. The summed E-state index contributed by atoms with van der Waals surface area (Å²) in [6.07, 6.45) is 0.869. The first-order chi connectivity index (χ1) is 15.4. The Morgan fingerprint density at radius 1 is 1.03 bits per heavy atom. The molecule has 1 fully saturated rings. The molecule has 8 heteroatoms. The summed E-state index contributed by atoms with van der Waals surface area (Å²) < 4.78 is 3.16. The molecule has 0 bridgehead atoms. The van der Waals surface area contributed by atoms with Crippen LogP contribution in [0.15, 0.2) is 71.6 Å². The molecule has 0 aromatic heterocycles. The van der Waals surface area contributed by atoms with Crippen LogP contribution >= 0.6 is 23.5 Å². The Morgan fingerprint density at radius 2 is 1.72 bits per heavy atom. The molecule has 0 atom stereocenters. The van der Waals surface area contributed by atoms with Crippen molar-refractivity contribution >= 4 is 40.8 Å². The summed E-state index contributed by atoms with van der Waals surface area (Å²) >= 11 is 7.56. The van der Waals surface area contributed by atoms with Gasteiger partial charge in [0.05, 0.1) is 16.2 Å². The number of nitrogens with one attached hydrogen (secondary N) is 1. The summed E-state index contributed by atoms with van der Waals surface area (Å²) in [6, 6.07) is 19.6. The third-order valence-electron chi connectivity index (χ3n) is 5.71. The molecule has 5 N–H and O–H groups in total. The van der Waals surface area contributed by atoms with Crippen molar-refractivity contribution in [2.75, 3.05) is 23.5 Å². The molecule has 3 aromatic rings. The normalized spacial score (nSPS) is 15.4. The first-order valence-electron chi connectivity index (χ1n) is 10.2. The van der Waals surface area contributed by atoms with Crippen LogP contribution in [0.5, 0.6) is 5.75 Å². The number of amides is 1. The van der Waals surface area contributed by atoms with Crippen molar-refractivity contribution in [1.29, 1.82) is 0 Å². The fourth-order valence-corrected chi connectivity index (χ4v) is 4.82. The lowest BCUT2D eigenvalue weighted by molar-refractivity contribution is -0.0210. The van der Waals surface area contributed by atoms with E-state index in [1.54, 1.807) is 29.2 Å². The summed E-state index contributed by atoms with van der Waals surface area (Å²) in [5.74, 6) is -0.0247. The van der Waals surface area contributed by atoms with E-state index in [0.717, 1.165) is 5.69 Å². The smallest absolute Gasteiger partial charge is 0.253 e. The van der Waals surface area contributed by atoms with E-state index in [1.807, 2.05) is 36.4 Å². The van der Waals surface area contributed by atoms with Crippen LogP contribution in [0, 0.1) is 0 Å². The minimum Gasteiger partial charge on any atom is -0.506 e. The van der Waals surface area contributed by atoms with Gasteiger partial charge in [-0.2, -0.15) is 0 Å². The second-order valence-corrected chi connectivity index (χ2v) is 9.03. The lowest BCUT2D eigenvalue weighted by Crippen LogP contribution is -2.45. The Balaban J connectivity index is 1.36. The number of carbonyl (C=O) groups excluding carboxylic acids is 1. The number of carbonyl (C=O) groups is 1. The van der Waals surface area contributed by atoms with Crippen molar-refractivity contribution in [2.24, 2.45) is 0 Å². The Morgan fingerprint density at radius 3 is 2.41 bits per heavy atom. The summed E-state index contributed by atoms with van der Waals surface area (Å²) in [5, 5.41) is 21.3. The predicted molar refractivity (Wildman–Crippen MR) is 129 cm³/mol. The number of hydrogen-bond donors (Lipinski definition) is 4. The van der Waals surface area contributed by atoms with Gasteiger partial charge in [0.25, 0.3) is 5.91 Å². The maximum Gasteiger partial charge on any atom is 0.253 e. The van der Waals surface area contributed by atoms with Crippen LogP contribution in [-0.4, -0.2) is 34.1 Å². The maximum absolute atomic E-state index is 12.9. The van der Waals surface area contributed by atoms with Crippen LogP contribution in [0.25, 0.3) is 0 Å². The zero-order valence-corrected chi connectivity index (χ0v) is 18.9.